The Kier molecular flexibility index (Phi) is 6.05. The van der Waals surface area contributed by atoms with Crippen LogP contribution in [-0.4, -0.2) is 37.0 Å². The third-order valence-corrected chi connectivity index (χ3v) is 3.03. The van der Waals surface area contributed by atoms with Crippen molar-refractivity contribution in [1.82, 2.24) is 5.32 Å². The molecule has 0 unspecified atom stereocenters. The predicted octanol–water partition coefficient (Wildman–Crippen LogP) is 1.16. The zero-order chi connectivity index (χ0) is 13.6. The van der Waals surface area contributed by atoms with E-state index in [0.717, 1.165) is 19.3 Å². The van der Waals surface area contributed by atoms with Gasteiger partial charge in [0.1, 0.15) is 0 Å². The summed E-state index contributed by atoms with van der Waals surface area (Å²) in [6.07, 6.45) is 3.64. The molecular weight excluding hydrogens is 232 g/mol. The molecule has 1 rings (SSSR count). The van der Waals surface area contributed by atoms with Crippen LogP contribution in [0, 0.1) is 0 Å². The average Bonchev–Trinajstić information content (AvgIpc) is 3.12. The number of ether oxygens (including phenoxy) is 2. The van der Waals surface area contributed by atoms with Gasteiger partial charge >= 0.3 is 0 Å². The second-order valence-electron chi connectivity index (χ2n) is 4.68. The third-order valence-electron chi connectivity index (χ3n) is 3.03. The molecule has 0 radical (unpaired) electrons. The maximum absolute atomic E-state index is 12.4. The molecular formula is C13H26N2O3. The standard InChI is InChI=1S/C13H26N2O3/c1-4-7-11(14)13(17-5-2,18-6-3)12(16)15-10-8-9-10/h10-11H,4-9,14H2,1-3H3,(H,15,16)/t11-/m0/s1. The smallest absolute Gasteiger partial charge is 0.282 e. The largest absolute Gasteiger partial charge is 0.349 e. The Bertz CT molecular complexity index is 261. The lowest BCUT2D eigenvalue weighted by molar-refractivity contribution is -0.237. The van der Waals surface area contributed by atoms with Crippen molar-refractivity contribution in [2.45, 2.75) is 64.3 Å². The molecule has 0 aromatic rings. The van der Waals surface area contributed by atoms with Crippen LogP contribution >= 0.6 is 0 Å². The molecule has 1 fully saturated rings. The van der Waals surface area contributed by atoms with Crippen molar-refractivity contribution in [2.24, 2.45) is 5.73 Å². The molecule has 0 heterocycles. The van der Waals surface area contributed by atoms with Crippen molar-refractivity contribution in [2.75, 3.05) is 13.2 Å². The van der Waals surface area contributed by atoms with Gasteiger partial charge in [-0.3, -0.25) is 4.79 Å². The lowest BCUT2D eigenvalue weighted by atomic mass is 10.0. The highest BCUT2D eigenvalue weighted by Gasteiger charge is 2.47. The molecule has 106 valence electrons. The molecule has 0 bridgehead atoms. The van der Waals surface area contributed by atoms with Gasteiger partial charge in [-0.1, -0.05) is 13.3 Å². The van der Waals surface area contributed by atoms with Crippen LogP contribution < -0.4 is 11.1 Å². The van der Waals surface area contributed by atoms with Crippen molar-refractivity contribution >= 4 is 5.91 Å². The monoisotopic (exact) mass is 258 g/mol. The molecule has 1 saturated carbocycles. The van der Waals surface area contributed by atoms with E-state index in [2.05, 4.69) is 5.32 Å². The van der Waals surface area contributed by atoms with E-state index < -0.39 is 11.8 Å². The van der Waals surface area contributed by atoms with E-state index in [0.29, 0.717) is 19.6 Å². The normalized spacial score (nSPS) is 17.6. The van der Waals surface area contributed by atoms with E-state index in [-0.39, 0.29) is 11.9 Å². The lowest BCUT2D eigenvalue weighted by Gasteiger charge is -2.36. The molecule has 5 heteroatoms. The van der Waals surface area contributed by atoms with Crippen LogP contribution in [0.2, 0.25) is 0 Å². The van der Waals surface area contributed by atoms with E-state index >= 15 is 0 Å². The van der Waals surface area contributed by atoms with Gasteiger partial charge in [0.05, 0.1) is 6.04 Å². The summed E-state index contributed by atoms with van der Waals surface area (Å²) in [5, 5.41) is 2.93. The van der Waals surface area contributed by atoms with Gasteiger partial charge in [0, 0.05) is 19.3 Å². The van der Waals surface area contributed by atoms with Gasteiger partial charge in [-0.15, -0.1) is 0 Å². The van der Waals surface area contributed by atoms with Crippen LogP contribution in [-0.2, 0) is 14.3 Å². The molecule has 18 heavy (non-hydrogen) atoms. The first-order chi connectivity index (χ1) is 8.60. The minimum Gasteiger partial charge on any atom is -0.349 e. The molecule has 0 aromatic carbocycles. The first-order valence-corrected chi connectivity index (χ1v) is 6.95. The van der Waals surface area contributed by atoms with Crippen molar-refractivity contribution in [3.05, 3.63) is 0 Å². The van der Waals surface area contributed by atoms with Crippen LogP contribution in [0.5, 0.6) is 0 Å². The van der Waals surface area contributed by atoms with E-state index in [1.165, 1.54) is 0 Å². The topological polar surface area (TPSA) is 73.6 Å². The number of amides is 1. The molecule has 1 aliphatic carbocycles. The highest BCUT2D eigenvalue weighted by Crippen LogP contribution is 2.25. The van der Waals surface area contributed by atoms with Crippen molar-refractivity contribution in [1.29, 1.82) is 0 Å². The predicted molar refractivity (Wildman–Crippen MR) is 70.0 cm³/mol. The van der Waals surface area contributed by atoms with E-state index in [1.807, 2.05) is 20.8 Å². The van der Waals surface area contributed by atoms with Gasteiger partial charge in [0.25, 0.3) is 11.7 Å². The Morgan fingerprint density at radius 2 is 1.89 bits per heavy atom. The summed E-state index contributed by atoms with van der Waals surface area (Å²) in [6.45, 7) is 6.51. The highest BCUT2D eigenvalue weighted by molar-refractivity contribution is 5.85. The summed E-state index contributed by atoms with van der Waals surface area (Å²) in [4.78, 5) is 12.4. The molecule has 3 N–H and O–H groups in total. The summed E-state index contributed by atoms with van der Waals surface area (Å²) in [5.41, 5.74) is 6.12. The number of carbonyl (C=O) groups is 1. The molecule has 5 nitrogen and oxygen atoms in total. The Morgan fingerprint density at radius 3 is 2.28 bits per heavy atom. The minimum atomic E-state index is -1.33. The van der Waals surface area contributed by atoms with Gasteiger partial charge in [-0.05, 0) is 33.1 Å². The van der Waals surface area contributed by atoms with Gasteiger partial charge in [-0.25, -0.2) is 0 Å². The molecule has 0 spiro atoms. The van der Waals surface area contributed by atoms with E-state index in [4.69, 9.17) is 15.2 Å². The first kappa shape index (κ1) is 15.4. The van der Waals surface area contributed by atoms with Crippen molar-refractivity contribution in [3.63, 3.8) is 0 Å². The molecule has 1 amide bonds. The Morgan fingerprint density at radius 1 is 1.33 bits per heavy atom. The van der Waals surface area contributed by atoms with E-state index in [1.54, 1.807) is 0 Å². The van der Waals surface area contributed by atoms with Crippen LogP contribution in [0.15, 0.2) is 0 Å². The van der Waals surface area contributed by atoms with Crippen LogP contribution in [0.3, 0.4) is 0 Å². The summed E-state index contributed by atoms with van der Waals surface area (Å²) in [7, 11) is 0. The second-order valence-corrected chi connectivity index (χ2v) is 4.68. The number of rotatable bonds is 9. The summed E-state index contributed by atoms with van der Waals surface area (Å²) in [5.74, 6) is -1.56. The molecule has 1 aliphatic rings. The zero-order valence-corrected chi connectivity index (χ0v) is 11.7. The number of hydrogen-bond acceptors (Lipinski definition) is 4. The molecule has 0 aromatic heterocycles. The van der Waals surface area contributed by atoms with Crippen LogP contribution in [0.4, 0.5) is 0 Å². The fraction of sp³-hybridized carbons (Fsp3) is 0.923. The van der Waals surface area contributed by atoms with Gasteiger partial charge < -0.3 is 20.5 Å². The maximum atomic E-state index is 12.4. The SMILES string of the molecule is CCC[C@H](N)C(OCC)(OCC)C(=O)NC1CC1. The Labute approximate surface area is 109 Å². The number of nitrogens with one attached hydrogen (secondary N) is 1. The summed E-state index contributed by atoms with van der Waals surface area (Å²) >= 11 is 0. The van der Waals surface area contributed by atoms with Crippen molar-refractivity contribution < 1.29 is 14.3 Å². The van der Waals surface area contributed by atoms with Crippen LogP contribution in [0.25, 0.3) is 0 Å². The zero-order valence-electron chi connectivity index (χ0n) is 11.7. The highest BCUT2D eigenvalue weighted by atomic mass is 16.7. The summed E-state index contributed by atoms with van der Waals surface area (Å²) in [6, 6.07) is -0.173. The van der Waals surface area contributed by atoms with Gasteiger partial charge in [0.15, 0.2) is 0 Å². The first-order valence-electron chi connectivity index (χ1n) is 6.95. The quantitative estimate of drug-likeness (QED) is 0.609. The average molecular weight is 258 g/mol. The molecule has 1 atom stereocenters. The van der Waals surface area contributed by atoms with Crippen molar-refractivity contribution in [3.8, 4) is 0 Å². The van der Waals surface area contributed by atoms with Gasteiger partial charge in [0.2, 0.25) is 0 Å². The van der Waals surface area contributed by atoms with Gasteiger partial charge in [-0.2, -0.15) is 0 Å². The Hall–Kier alpha value is -0.650. The number of nitrogens with two attached hydrogens (primary N) is 1. The fourth-order valence-electron chi connectivity index (χ4n) is 2.00. The Balaban J connectivity index is 2.81. The number of carbonyl (C=O) groups excluding carboxylic acids is 1. The molecule has 0 aliphatic heterocycles. The van der Waals surface area contributed by atoms with Crippen LogP contribution in [0.1, 0.15) is 46.5 Å². The lowest BCUT2D eigenvalue weighted by Crippen LogP contribution is -2.62. The number of hydrogen-bond donors (Lipinski definition) is 2. The van der Waals surface area contributed by atoms with E-state index in [9.17, 15) is 4.79 Å². The summed E-state index contributed by atoms with van der Waals surface area (Å²) < 4.78 is 11.2. The second kappa shape index (κ2) is 7.07. The molecule has 0 saturated heterocycles. The third kappa shape index (κ3) is 3.67. The maximum Gasteiger partial charge on any atom is 0.282 e. The minimum absolute atomic E-state index is 0.227. The fourth-order valence-corrected chi connectivity index (χ4v) is 2.00.